The van der Waals surface area contributed by atoms with Crippen molar-refractivity contribution in [2.75, 3.05) is 44.2 Å². The van der Waals surface area contributed by atoms with Crippen molar-refractivity contribution in [3.8, 4) is 0 Å². The van der Waals surface area contributed by atoms with E-state index in [4.69, 9.17) is 16.6 Å². The van der Waals surface area contributed by atoms with Gasteiger partial charge in [0.1, 0.15) is 0 Å². The van der Waals surface area contributed by atoms with Crippen molar-refractivity contribution in [1.82, 2.24) is 15.2 Å². The van der Waals surface area contributed by atoms with E-state index < -0.39 is 0 Å². The van der Waals surface area contributed by atoms with E-state index in [1.807, 2.05) is 12.1 Å². The minimum absolute atomic E-state index is 0.116. The van der Waals surface area contributed by atoms with E-state index in [2.05, 4.69) is 41.1 Å². The summed E-state index contributed by atoms with van der Waals surface area (Å²) in [5, 5.41) is 4.57. The lowest BCUT2D eigenvalue weighted by Gasteiger charge is -2.34. The second kappa shape index (κ2) is 8.69. The number of rotatable bonds is 5. The number of thiazole rings is 1. The highest BCUT2D eigenvalue weighted by molar-refractivity contribution is 7.22. The highest BCUT2D eigenvalue weighted by atomic mass is 35.5. The fourth-order valence-corrected chi connectivity index (χ4v) is 5.14. The molecule has 1 fully saturated rings. The molecule has 2 heterocycles. The summed E-state index contributed by atoms with van der Waals surface area (Å²) in [6.07, 6.45) is 0. The van der Waals surface area contributed by atoms with Crippen molar-refractivity contribution in [1.29, 1.82) is 0 Å². The van der Waals surface area contributed by atoms with Gasteiger partial charge in [-0.2, -0.15) is 0 Å². The van der Waals surface area contributed by atoms with Crippen LogP contribution in [0.2, 0.25) is 5.02 Å². The highest BCUT2D eigenvalue weighted by Gasteiger charge is 2.20. The van der Waals surface area contributed by atoms with Crippen molar-refractivity contribution >= 4 is 44.2 Å². The van der Waals surface area contributed by atoms with Gasteiger partial charge in [0.2, 0.25) is 0 Å². The normalized spacial score (nSPS) is 15.1. The first-order valence-corrected chi connectivity index (χ1v) is 11.1. The highest BCUT2D eigenvalue weighted by Crippen LogP contribution is 2.32. The van der Waals surface area contributed by atoms with Crippen LogP contribution in [-0.2, 0) is 0 Å². The van der Waals surface area contributed by atoms with Gasteiger partial charge in [-0.05, 0) is 43.2 Å². The Labute approximate surface area is 180 Å². The Hall–Kier alpha value is -2.15. The molecule has 1 N–H and O–H groups in total. The first-order valence-electron chi connectivity index (χ1n) is 9.89. The molecule has 0 radical (unpaired) electrons. The number of aryl methyl sites for hydroxylation is 2. The van der Waals surface area contributed by atoms with Gasteiger partial charge in [-0.1, -0.05) is 41.1 Å². The number of aromatic nitrogens is 1. The Balaban J connectivity index is 1.28. The van der Waals surface area contributed by atoms with Crippen LogP contribution in [0.5, 0.6) is 0 Å². The number of nitrogens with one attached hydrogen (secondary N) is 1. The molecular formula is C22H25ClN4OS. The maximum atomic E-state index is 12.3. The summed E-state index contributed by atoms with van der Waals surface area (Å²) in [7, 11) is 0. The van der Waals surface area contributed by atoms with Crippen LogP contribution < -0.4 is 10.2 Å². The zero-order valence-corrected chi connectivity index (χ0v) is 18.3. The number of anilines is 1. The van der Waals surface area contributed by atoms with E-state index in [-0.39, 0.29) is 5.91 Å². The van der Waals surface area contributed by atoms with Gasteiger partial charge in [-0.15, -0.1) is 0 Å². The van der Waals surface area contributed by atoms with Crippen molar-refractivity contribution in [2.45, 2.75) is 13.8 Å². The Morgan fingerprint density at radius 2 is 1.93 bits per heavy atom. The molecule has 0 unspecified atom stereocenters. The number of hydrogen-bond donors (Lipinski definition) is 1. The summed E-state index contributed by atoms with van der Waals surface area (Å²) < 4.78 is 1.27. The van der Waals surface area contributed by atoms with Gasteiger partial charge < -0.3 is 10.2 Å². The lowest BCUT2D eigenvalue weighted by atomic mass is 10.1. The smallest absolute Gasteiger partial charge is 0.252 e. The van der Waals surface area contributed by atoms with Gasteiger partial charge in [-0.25, -0.2) is 4.98 Å². The fraction of sp³-hybridized carbons (Fsp3) is 0.364. The molecule has 152 valence electrons. The van der Waals surface area contributed by atoms with Crippen molar-refractivity contribution in [2.24, 2.45) is 0 Å². The molecule has 0 aliphatic carbocycles. The molecule has 1 amide bonds. The van der Waals surface area contributed by atoms with Crippen molar-refractivity contribution < 1.29 is 4.79 Å². The number of benzene rings is 2. The molecule has 1 aliphatic heterocycles. The standard InChI is InChI=1S/C22H25ClN4OS/c1-15-13-16(2)20-19(14-15)29-22(25-20)27-11-9-26(10-12-27)8-7-24-21(28)17-5-3-4-6-18(17)23/h3-6,13-14H,7-12H2,1-2H3,(H,24,28). The van der Waals surface area contributed by atoms with Gasteiger partial charge in [0.05, 0.1) is 20.8 Å². The number of piperazine rings is 1. The second-order valence-corrected chi connectivity index (χ2v) is 8.91. The molecule has 1 aromatic heterocycles. The maximum Gasteiger partial charge on any atom is 0.252 e. The number of nitrogens with zero attached hydrogens (tertiary/aromatic N) is 3. The summed E-state index contributed by atoms with van der Waals surface area (Å²) in [5.41, 5.74) is 4.19. The van der Waals surface area contributed by atoms with Gasteiger partial charge in [-0.3, -0.25) is 9.69 Å². The Morgan fingerprint density at radius 1 is 1.17 bits per heavy atom. The van der Waals surface area contributed by atoms with E-state index in [1.165, 1.54) is 15.8 Å². The first-order chi connectivity index (χ1) is 14.0. The first kappa shape index (κ1) is 20.1. The Kier molecular flexibility index (Phi) is 6.04. The van der Waals surface area contributed by atoms with Crippen molar-refractivity contribution in [3.63, 3.8) is 0 Å². The van der Waals surface area contributed by atoms with E-state index in [0.717, 1.165) is 43.4 Å². The Morgan fingerprint density at radius 3 is 2.69 bits per heavy atom. The fourth-order valence-electron chi connectivity index (χ4n) is 3.73. The Bertz CT molecular complexity index is 1030. The molecule has 1 saturated heterocycles. The summed E-state index contributed by atoms with van der Waals surface area (Å²) >= 11 is 7.87. The molecule has 4 rings (SSSR count). The van der Waals surface area contributed by atoms with Crippen LogP contribution in [0.4, 0.5) is 5.13 Å². The molecule has 5 nitrogen and oxygen atoms in total. The lowest BCUT2D eigenvalue weighted by Crippen LogP contribution is -2.48. The molecule has 0 saturated carbocycles. The monoisotopic (exact) mass is 428 g/mol. The lowest BCUT2D eigenvalue weighted by molar-refractivity contribution is 0.0948. The molecule has 29 heavy (non-hydrogen) atoms. The molecule has 0 spiro atoms. The minimum atomic E-state index is -0.116. The summed E-state index contributed by atoms with van der Waals surface area (Å²) in [5.74, 6) is -0.116. The molecule has 7 heteroatoms. The molecule has 3 aromatic rings. The van der Waals surface area contributed by atoms with Crippen LogP contribution in [0.25, 0.3) is 10.2 Å². The van der Waals surface area contributed by atoms with E-state index in [1.54, 1.807) is 23.5 Å². The van der Waals surface area contributed by atoms with Gasteiger partial charge >= 0.3 is 0 Å². The number of carbonyl (C=O) groups excluding carboxylic acids is 1. The largest absolute Gasteiger partial charge is 0.351 e. The SMILES string of the molecule is Cc1cc(C)c2nc(N3CCN(CCNC(=O)c4ccccc4Cl)CC3)sc2c1. The predicted octanol–water partition coefficient (Wildman–Crippen LogP) is 4.12. The minimum Gasteiger partial charge on any atom is -0.351 e. The van der Waals surface area contributed by atoms with E-state index in [9.17, 15) is 4.79 Å². The average molecular weight is 429 g/mol. The number of halogens is 1. The molecule has 0 bridgehead atoms. The quantitative estimate of drug-likeness (QED) is 0.664. The molecule has 1 aliphatic rings. The average Bonchev–Trinajstić information content (AvgIpc) is 3.13. The summed E-state index contributed by atoms with van der Waals surface area (Å²) in [4.78, 5) is 21.9. The molecule has 0 atom stereocenters. The van der Waals surface area contributed by atoms with Crippen LogP contribution in [0.3, 0.4) is 0 Å². The van der Waals surface area contributed by atoms with Crippen molar-refractivity contribution in [3.05, 3.63) is 58.1 Å². The van der Waals surface area contributed by atoms with Crippen LogP contribution in [0.15, 0.2) is 36.4 Å². The zero-order chi connectivity index (χ0) is 20.4. The topological polar surface area (TPSA) is 48.5 Å². The van der Waals surface area contributed by atoms with Crippen LogP contribution >= 0.6 is 22.9 Å². The third kappa shape index (κ3) is 4.55. The van der Waals surface area contributed by atoms with Gasteiger partial charge in [0.25, 0.3) is 5.91 Å². The summed E-state index contributed by atoms with van der Waals surface area (Å²) in [6.45, 7) is 9.56. The van der Waals surface area contributed by atoms with Crippen LogP contribution in [0.1, 0.15) is 21.5 Å². The maximum absolute atomic E-state index is 12.3. The van der Waals surface area contributed by atoms with E-state index >= 15 is 0 Å². The number of amides is 1. The summed E-state index contributed by atoms with van der Waals surface area (Å²) in [6, 6.07) is 11.6. The van der Waals surface area contributed by atoms with Gasteiger partial charge in [0.15, 0.2) is 5.13 Å². The van der Waals surface area contributed by atoms with Gasteiger partial charge in [0, 0.05) is 39.3 Å². The molecule has 2 aromatic carbocycles. The van der Waals surface area contributed by atoms with Crippen LogP contribution in [-0.4, -0.2) is 55.1 Å². The predicted molar refractivity (Wildman–Crippen MR) is 122 cm³/mol. The number of carbonyl (C=O) groups is 1. The second-order valence-electron chi connectivity index (χ2n) is 7.49. The number of hydrogen-bond acceptors (Lipinski definition) is 5. The van der Waals surface area contributed by atoms with E-state index in [0.29, 0.717) is 17.1 Å². The zero-order valence-electron chi connectivity index (χ0n) is 16.7. The third-order valence-electron chi connectivity index (χ3n) is 5.29. The molecular weight excluding hydrogens is 404 g/mol. The number of fused-ring (bicyclic) bond motifs is 1. The third-order valence-corrected chi connectivity index (χ3v) is 6.69. The van der Waals surface area contributed by atoms with Crippen LogP contribution in [0, 0.1) is 13.8 Å².